The molecule has 4 aliphatic rings. The molecule has 4 aromatic carbocycles. The molecule has 44 heavy (non-hydrogen) atoms. The number of hydrogen-bond acceptors (Lipinski definition) is 6. The number of fused-ring (bicyclic) bond motifs is 4. The first-order valence-electron chi connectivity index (χ1n) is 14.4. The molecule has 0 amide bonds. The fourth-order valence-corrected chi connectivity index (χ4v) is 8.18. The van der Waals surface area contributed by atoms with Gasteiger partial charge in [0, 0.05) is 63.3 Å². The van der Waals surface area contributed by atoms with E-state index in [2.05, 4.69) is 21.6 Å². The molecule has 4 aromatic rings. The molecule has 0 radical (unpaired) electrons. The van der Waals surface area contributed by atoms with E-state index in [1.54, 1.807) is 18.2 Å². The second-order valence-electron chi connectivity index (χ2n) is 11.2. The Morgan fingerprint density at radius 1 is 0.795 bits per heavy atom. The van der Waals surface area contributed by atoms with Gasteiger partial charge < -0.3 is 9.32 Å². The highest BCUT2D eigenvalue weighted by atomic mass is 32.2. The molecule has 218 valence electrons. The molecule has 9 heteroatoms. The molecule has 0 saturated heterocycles. The first-order valence-corrected chi connectivity index (χ1v) is 16.7. The first kappa shape index (κ1) is 27.5. The van der Waals surface area contributed by atoms with Gasteiger partial charge in [0.05, 0.1) is 16.6 Å². The van der Waals surface area contributed by atoms with E-state index < -0.39 is 10.1 Å². The monoisotopic (exact) mass is 635 g/mol. The van der Waals surface area contributed by atoms with E-state index in [1.807, 2.05) is 60.7 Å². The van der Waals surface area contributed by atoms with Crippen molar-refractivity contribution in [1.82, 2.24) is 4.58 Å². The highest BCUT2D eigenvalue weighted by Crippen LogP contribution is 2.45. The minimum absolute atomic E-state index is 0.150. The van der Waals surface area contributed by atoms with Crippen LogP contribution < -0.4 is 14.8 Å². The summed E-state index contributed by atoms with van der Waals surface area (Å²) in [6.45, 7) is 1.63. The van der Waals surface area contributed by atoms with Crippen LogP contribution in [-0.4, -0.2) is 26.1 Å². The summed E-state index contributed by atoms with van der Waals surface area (Å²) in [5, 5.41) is 1.70. The Morgan fingerprint density at radius 2 is 1.59 bits per heavy atom. The van der Waals surface area contributed by atoms with E-state index in [-0.39, 0.29) is 4.90 Å². The number of nitrogens with zero attached hydrogens (tertiary/aromatic N) is 2. The van der Waals surface area contributed by atoms with E-state index >= 15 is 0 Å². The quantitative estimate of drug-likeness (QED) is 0.0819. The zero-order valence-corrected chi connectivity index (χ0v) is 26.0. The highest BCUT2D eigenvalue weighted by Gasteiger charge is 2.29. The average molecular weight is 636 g/mol. The van der Waals surface area contributed by atoms with Crippen LogP contribution in [-0.2, 0) is 23.0 Å². The molecule has 1 aliphatic carbocycles. The zero-order chi connectivity index (χ0) is 30.2. The highest BCUT2D eigenvalue weighted by molar-refractivity contribution is 7.86. The molecular formula is C35H27N2O4S3+. The van der Waals surface area contributed by atoms with Gasteiger partial charge in [-0.3, -0.25) is 4.55 Å². The zero-order valence-electron chi connectivity index (χ0n) is 23.4. The maximum Gasteiger partial charge on any atom is 0.295 e. The van der Waals surface area contributed by atoms with Crippen LogP contribution in [0.15, 0.2) is 116 Å². The van der Waals surface area contributed by atoms with Gasteiger partial charge >= 0.3 is 0 Å². The molecule has 0 fully saturated rings. The van der Waals surface area contributed by atoms with Crippen molar-refractivity contribution in [2.75, 3.05) is 18.0 Å². The summed E-state index contributed by atoms with van der Waals surface area (Å²) < 4.78 is 44.2. The second-order valence-corrected chi connectivity index (χ2v) is 13.5. The summed E-state index contributed by atoms with van der Waals surface area (Å²) in [5.41, 5.74) is 8.07. The van der Waals surface area contributed by atoms with Gasteiger partial charge in [-0.1, -0.05) is 42.5 Å². The van der Waals surface area contributed by atoms with Crippen molar-refractivity contribution < 1.29 is 17.4 Å². The molecule has 0 spiro atoms. The topological polar surface area (TPSA) is 73.8 Å². The van der Waals surface area contributed by atoms with Crippen LogP contribution >= 0.6 is 25.3 Å². The summed E-state index contributed by atoms with van der Waals surface area (Å²) in [5.74, 6) is 0.606. The van der Waals surface area contributed by atoms with Crippen LogP contribution in [0.2, 0.25) is 0 Å². The third-order valence-electron chi connectivity index (χ3n) is 8.69. The van der Waals surface area contributed by atoms with Crippen LogP contribution in [0.1, 0.15) is 11.1 Å². The number of para-hydroxylation sites is 2. The second kappa shape index (κ2) is 10.3. The van der Waals surface area contributed by atoms with Crippen molar-refractivity contribution in [3.05, 3.63) is 114 Å². The molecule has 0 atom stereocenters. The maximum atomic E-state index is 12.6. The van der Waals surface area contributed by atoms with E-state index in [0.717, 1.165) is 69.1 Å². The van der Waals surface area contributed by atoms with Gasteiger partial charge in [-0.25, -0.2) is 0 Å². The molecule has 0 unspecified atom stereocenters. The standard InChI is InChI=1S/C35H26N2O4S3/c38-44(39,40)32-10-2-1-7-27(32)33-25-13-11-23(36-17-15-21-5-3-8-30(42)34(21)36)19-28(25)41-29-20-24(12-14-26(29)33)37-18-16-22-6-4-9-31(43)35(22)37/h1-14,19-20H,15-18H2,(H2-,38,39,40,42,43)/p+1. The number of thiol groups is 2. The summed E-state index contributed by atoms with van der Waals surface area (Å²) in [7, 11) is -4.50. The minimum atomic E-state index is -4.50. The lowest BCUT2D eigenvalue weighted by Gasteiger charge is -2.22. The minimum Gasteiger partial charge on any atom is -0.456 e. The van der Waals surface area contributed by atoms with Gasteiger partial charge in [-0.05, 0) is 48.4 Å². The smallest absolute Gasteiger partial charge is 0.295 e. The molecule has 0 saturated carbocycles. The van der Waals surface area contributed by atoms with Crippen LogP contribution in [0, 0.1) is 0 Å². The van der Waals surface area contributed by atoms with E-state index in [0.29, 0.717) is 22.5 Å². The maximum absolute atomic E-state index is 12.6. The van der Waals surface area contributed by atoms with E-state index in [9.17, 15) is 13.0 Å². The lowest BCUT2D eigenvalue weighted by Crippen LogP contribution is -2.24. The Morgan fingerprint density at radius 3 is 2.43 bits per heavy atom. The lowest BCUT2D eigenvalue weighted by molar-refractivity contribution is 0.483. The molecule has 0 bridgehead atoms. The average Bonchev–Trinajstić information content (AvgIpc) is 3.65. The Hall–Kier alpha value is -4.02. The Kier molecular flexibility index (Phi) is 6.43. The van der Waals surface area contributed by atoms with Crippen molar-refractivity contribution in [2.45, 2.75) is 27.5 Å². The molecule has 3 heterocycles. The van der Waals surface area contributed by atoms with Crippen molar-refractivity contribution >= 4 is 63.4 Å². The van der Waals surface area contributed by atoms with Gasteiger partial charge in [0.25, 0.3) is 10.1 Å². The number of rotatable bonds is 3. The number of anilines is 2. The van der Waals surface area contributed by atoms with Crippen molar-refractivity contribution in [3.8, 4) is 22.5 Å². The third kappa shape index (κ3) is 4.37. The van der Waals surface area contributed by atoms with Gasteiger partial charge in [0.1, 0.15) is 16.2 Å². The lowest BCUT2D eigenvalue weighted by atomic mass is 9.93. The molecular weight excluding hydrogens is 609 g/mol. The van der Waals surface area contributed by atoms with Gasteiger partial charge in [-0.15, -0.1) is 25.3 Å². The fourth-order valence-electron chi connectivity index (χ4n) is 6.78. The Bertz CT molecular complexity index is 2310. The summed E-state index contributed by atoms with van der Waals surface area (Å²) in [6, 6.07) is 30.9. The number of benzene rings is 5. The summed E-state index contributed by atoms with van der Waals surface area (Å²) >= 11 is 9.49. The molecule has 0 aromatic heterocycles. The van der Waals surface area contributed by atoms with Crippen LogP contribution in [0.25, 0.3) is 33.4 Å². The fraction of sp³-hybridized carbons (Fsp3) is 0.114. The van der Waals surface area contributed by atoms with Crippen LogP contribution in [0.5, 0.6) is 0 Å². The van der Waals surface area contributed by atoms with Crippen molar-refractivity contribution in [3.63, 3.8) is 0 Å². The van der Waals surface area contributed by atoms with E-state index in [1.165, 1.54) is 17.2 Å². The van der Waals surface area contributed by atoms with Crippen molar-refractivity contribution in [1.29, 1.82) is 0 Å². The first-order chi connectivity index (χ1) is 21.3. The van der Waals surface area contributed by atoms with Crippen LogP contribution in [0.3, 0.4) is 0 Å². The molecule has 1 N–H and O–H groups in total. The van der Waals surface area contributed by atoms with Crippen LogP contribution in [0.4, 0.5) is 17.1 Å². The predicted octanol–water partition coefficient (Wildman–Crippen LogP) is 7.38. The molecule has 6 nitrogen and oxygen atoms in total. The van der Waals surface area contributed by atoms with Gasteiger partial charge in [-0.2, -0.15) is 13.0 Å². The SMILES string of the molecule is O=S(=O)(O)c1ccccc1-c1c2ccc(=[N+]3CCc4cccc(S)c43)cc-2oc2cc(N3CCc4cccc(S)c43)ccc12. The predicted molar refractivity (Wildman–Crippen MR) is 180 cm³/mol. The Balaban J connectivity index is 1.42. The summed E-state index contributed by atoms with van der Waals surface area (Å²) in [4.78, 5) is 3.92. The van der Waals surface area contributed by atoms with Gasteiger partial charge in [0.15, 0.2) is 6.54 Å². The van der Waals surface area contributed by atoms with E-state index in [4.69, 9.17) is 29.7 Å². The molecule has 3 aliphatic heterocycles. The largest absolute Gasteiger partial charge is 0.456 e. The number of hydrogen-bond donors (Lipinski definition) is 3. The summed E-state index contributed by atoms with van der Waals surface area (Å²) in [6.07, 6.45) is 1.83. The Labute approximate surface area is 265 Å². The van der Waals surface area contributed by atoms with Gasteiger partial charge in [0.2, 0.25) is 11.0 Å². The molecule has 8 rings (SSSR count). The normalized spacial score (nSPS) is 15.7. The van der Waals surface area contributed by atoms with Crippen molar-refractivity contribution in [2.24, 2.45) is 0 Å². The third-order valence-corrected chi connectivity index (χ3v) is 10.3.